The lowest BCUT2D eigenvalue weighted by Gasteiger charge is -2.27. The molecule has 2 N–H and O–H groups in total. The third-order valence-corrected chi connectivity index (χ3v) is 7.12. The van der Waals surface area contributed by atoms with Gasteiger partial charge in [-0.3, -0.25) is 14.4 Å². The Balaban J connectivity index is 1.62. The van der Waals surface area contributed by atoms with Crippen molar-refractivity contribution in [3.05, 3.63) is 71.3 Å². The number of ether oxygens (including phenoxy) is 1. The van der Waals surface area contributed by atoms with Crippen LogP contribution in [0.2, 0.25) is 0 Å². The van der Waals surface area contributed by atoms with Crippen LogP contribution < -0.4 is 10.6 Å². The summed E-state index contributed by atoms with van der Waals surface area (Å²) < 4.78 is 5.40. The monoisotopic (exact) mass is 491 g/mol. The van der Waals surface area contributed by atoms with Gasteiger partial charge in [0.15, 0.2) is 0 Å². The van der Waals surface area contributed by atoms with E-state index in [-0.39, 0.29) is 23.6 Å². The van der Waals surface area contributed by atoms with Crippen LogP contribution in [0.5, 0.6) is 0 Å². The number of rotatable bonds is 6. The zero-order chi connectivity index (χ0) is 24.9. The molecule has 1 aliphatic rings. The zero-order valence-electron chi connectivity index (χ0n) is 20.1. The molecule has 0 saturated carbocycles. The number of benzene rings is 2. The Bertz CT molecular complexity index is 1210. The number of anilines is 2. The number of nitrogens with zero attached hydrogens (tertiary/aromatic N) is 1. The molecule has 35 heavy (non-hydrogen) atoms. The van der Waals surface area contributed by atoms with E-state index in [1.165, 1.54) is 11.3 Å². The molecule has 182 valence electrons. The van der Waals surface area contributed by atoms with Crippen molar-refractivity contribution in [1.29, 1.82) is 0 Å². The Morgan fingerprint density at radius 2 is 1.60 bits per heavy atom. The van der Waals surface area contributed by atoms with E-state index in [1.54, 1.807) is 29.2 Å². The number of amides is 3. The van der Waals surface area contributed by atoms with Gasteiger partial charge < -0.3 is 20.3 Å². The molecular weight excluding hydrogens is 462 g/mol. The van der Waals surface area contributed by atoms with E-state index in [0.717, 1.165) is 16.0 Å². The second-order valence-electron chi connectivity index (χ2n) is 8.71. The van der Waals surface area contributed by atoms with Gasteiger partial charge >= 0.3 is 0 Å². The highest BCUT2D eigenvalue weighted by Gasteiger charge is 2.28. The van der Waals surface area contributed by atoms with Crippen LogP contribution in [0, 0.1) is 12.8 Å². The smallest absolute Gasteiger partial charge is 0.257 e. The van der Waals surface area contributed by atoms with Crippen LogP contribution in [0.15, 0.2) is 54.6 Å². The van der Waals surface area contributed by atoms with E-state index in [4.69, 9.17) is 4.74 Å². The van der Waals surface area contributed by atoms with Crippen LogP contribution in [-0.4, -0.2) is 48.9 Å². The molecule has 1 aromatic heterocycles. The molecule has 7 nitrogen and oxygen atoms in total. The number of morpholine rings is 1. The SMILES string of the molecule is Cc1c(-c2ccccc2)sc(NC(=O)c2ccc(NC(=O)C(C)C)cc2)c1C(=O)N1CCOCC1. The lowest BCUT2D eigenvalue weighted by Crippen LogP contribution is -2.41. The van der Waals surface area contributed by atoms with E-state index in [0.29, 0.717) is 48.1 Å². The molecule has 4 rings (SSSR count). The van der Waals surface area contributed by atoms with Crippen molar-refractivity contribution in [2.45, 2.75) is 20.8 Å². The molecule has 1 aliphatic heterocycles. The van der Waals surface area contributed by atoms with Gasteiger partial charge in [0, 0.05) is 35.1 Å². The minimum absolute atomic E-state index is 0.0871. The van der Waals surface area contributed by atoms with E-state index in [2.05, 4.69) is 10.6 Å². The van der Waals surface area contributed by atoms with Crippen molar-refractivity contribution in [3.63, 3.8) is 0 Å². The van der Waals surface area contributed by atoms with Gasteiger partial charge in [0.25, 0.3) is 11.8 Å². The molecule has 0 unspecified atom stereocenters. The van der Waals surface area contributed by atoms with Gasteiger partial charge in [-0.1, -0.05) is 44.2 Å². The fourth-order valence-electron chi connectivity index (χ4n) is 3.82. The first kappa shape index (κ1) is 24.6. The van der Waals surface area contributed by atoms with Crippen LogP contribution in [0.25, 0.3) is 10.4 Å². The summed E-state index contributed by atoms with van der Waals surface area (Å²) in [6, 6.07) is 16.6. The van der Waals surface area contributed by atoms with Crippen LogP contribution in [0.3, 0.4) is 0 Å². The summed E-state index contributed by atoms with van der Waals surface area (Å²) in [7, 11) is 0. The van der Waals surface area contributed by atoms with Crippen molar-refractivity contribution in [2.75, 3.05) is 36.9 Å². The number of nitrogens with one attached hydrogen (secondary N) is 2. The standard InChI is InChI=1S/C27H29N3O4S/c1-17(2)24(31)28-21-11-9-20(10-12-21)25(32)29-26-22(27(33)30-13-15-34-16-14-30)18(3)23(35-26)19-7-5-4-6-8-19/h4-12,17H,13-16H2,1-3H3,(H,28,31)(H,29,32). The number of hydrogen-bond acceptors (Lipinski definition) is 5. The van der Waals surface area contributed by atoms with Crippen LogP contribution in [0.4, 0.5) is 10.7 Å². The summed E-state index contributed by atoms with van der Waals surface area (Å²) in [6.07, 6.45) is 0. The molecule has 2 heterocycles. The lowest BCUT2D eigenvalue weighted by atomic mass is 10.1. The average Bonchev–Trinajstić information content (AvgIpc) is 3.20. The second-order valence-corrected chi connectivity index (χ2v) is 9.73. The van der Waals surface area contributed by atoms with Gasteiger partial charge in [0.1, 0.15) is 5.00 Å². The molecule has 0 radical (unpaired) electrons. The maximum absolute atomic E-state index is 13.5. The molecule has 1 fully saturated rings. The lowest BCUT2D eigenvalue weighted by molar-refractivity contribution is -0.118. The van der Waals surface area contributed by atoms with Crippen molar-refractivity contribution >= 4 is 39.7 Å². The van der Waals surface area contributed by atoms with Crippen LogP contribution in [0.1, 0.15) is 40.1 Å². The van der Waals surface area contributed by atoms with Gasteiger partial charge in [-0.2, -0.15) is 0 Å². The minimum atomic E-state index is -0.316. The summed E-state index contributed by atoms with van der Waals surface area (Å²) in [5.41, 5.74) is 3.42. The van der Waals surface area contributed by atoms with E-state index < -0.39 is 0 Å². The first-order valence-corrected chi connectivity index (χ1v) is 12.4. The number of carbonyl (C=O) groups is 3. The van der Waals surface area contributed by atoms with Crippen molar-refractivity contribution in [3.8, 4) is 10.4 Å². The van der Waals surface area contributed by atoms with E-state index >= 15 is 0 Å². The van der Waals surface area contributed by atoms with E-state index in [1.807, 2.05) is 51.1 Å². The predicted octanol–water partition coefficient (Wildman–Crippen LogP) is 5.04. The third-order valence-electron chi connectivity index (χ3n) is 5.86. The molecular formula is C27H29N3O4S. The summed E-state index contributed by atoms with van der Waals surface area (Å²) in [6.45, 7) is 7.61. The van der Waals surface area contributed by atoms with Crippen molar-refractivity contribution in [2.24, 2.45) is 5.92 Å². The number of thiophene rings is 1. The largest absolute Gasteiger partial charge is 0.378 e. The minimum Gasteiger partial charge on any atom is -0.378 e. The van der Waals surface area contributed by atoms with Gasteiger partial charge in [-0.15, -0.1) is 11.3 Å². The highest BCUT2D eigenvalue weighted by atomic mass is 32.1. The number of carbonyl (C=O) groups excluding carboxylic acids is 3. The van der Waals surface area contributed by atoms with Gasteiger partial charge in [0.2, 0.25) is 5.91 Å². The predicted molar refractivity (Wildman–Crippen MR) is 139 cm³/mol. The Morgan fingerprint density at radius 1 is 0.943 bits per heavy atom. The maximum Gasteiger partial charge on any atom is 0.257 e. The fourth-order valence-corrected chi connectivity index (χ4v) is 5.01. The molecule has 0 aliphatic carbocycles. The molecule has 3 aromatic rings. The Hall–Kier alpha value is -3.49. The normalized spacial score (nSPS) is 13.5. The van der Waals surface area contributed by atoms with Gasteiger partial charge in [0.05, 0.1) is 18.8 Å². The summed E-state index contributed by atoms with van der Waals surface area (Å²) in [4.78, 5) is 41.3. The topological polar surface area (TPSA) is 87.7 Å². The number of hydrogen-bond donors (Lipinski definition) is 2. The highest BCUT2D eigenvalue weighted by molar-refractivity contribution is 7.20. The molecule has 0 atom stereocenters. The van der Waals surface area contributed by atoms with Gasteiger partial charge in [-0.05, 0) is 42.3 Å². The fraction of sp³-hybridized carbons (Fsp3) is 0.296. The molecule has 3 amide bonds. The van der Waals surface area contributed by atoms with Crippen LogP contribution in [-0.2, 0) is 9.53 Å². The maximum atomic E-state index is 13.5. The Labute approximate surface area is 209 Å². The summed E-state index contributed by atoms with van der Waals surface area (Å²) in [5.74, 6) is -0.646. The summed E-state index contributed by atoms with van der Waals surface area (Å²) in [5, 5.41) is 6.32. The quantitative estimate of drug-likeness (QED) is 0.506. The Kier molecular flexibility index (Phi) is 7.63. The molecule has 0 spiro atoms. The molecule has 1 saturated heterocycles. The van der Waals surface area contributed by atoms with Crippen LogP contribution >= 0.6 is 11.3 Å². The van der Waals surface area contributed by atoms with Crippen molar-refractivity contribution < 1.29 is 19.1 Å². The van der Waals surface area contributed by atoms with E-state index in [9.17, 15) is 14.4 Å². The third kappa shape index (κ3) is 5.61. The highest BCUT2D eigenvalue weighted by Crippen LogP contribution is 2.40. The first-order valence-electron chi connectivity index (χ1n) is 11.6. The molecule has 8 heteroatoms. The van der Waals surface area contributed by atoms with Crippen molar-refractivity contribution in [1.82, 2.24) is 4.90 Å². The zero-order valence-corrected chi connectivity index (χ0v) is 20.9. The average molecular weight is 492 g/mol. The second kappa shape index (κ2) is 10.8. The first-order chi connectivity index (χ1) is 16.8. The summed E-state index contributed by atoms with van der Waals surface area (Å²) >= 11 is 1.40. The molecule has 0 bridgehead atoms. The molecule has 2 aromatic carbocycles. The Morgan fingerprint density at radius 3 is 2.23 bits per heavy atom. The van der Waals surface area contributed by atoms with Gasteiger partial charge in [-0.25, -0.2) is 0 Å².